The lowest BCUT2D eigenvalue weighted by Gasteiger charge is -2.11. The molecule has 90 valence electrons. The van der Waals surface area contributed by atoms with Crippen LogP contribution in [0, 0.1) is 13.8 Å². The number of nitrogens with zero attached hydrogens (tertiary/aromatic N) is 1. The summed E-state index contributed by atoms with van der Waals surface area (Å²) in [6.45, 7) is 8.85. The zero-order chi connectivity index (χ0) is 12.6. The van der Waals surface area contributed by atoms with Gasteiger partial charge < -0.3 is 0 Å². The Morgan fingerprint density at radius 2 is 1.82 bits per heavy atom. The van der Waals surface area contributed by atoms with E-state index in [0.29, 0.717) is 6.04 Å². The van der Waals surface area contributed by atoms with Gasteiger partial charge in [0.2, 0.25) is 10.5 Å². The van der Waals surface area contributed by atoms with Crippen molar-refractivity contribution in [3.8, 4) is 0 Å². The molecule has 0 aliphatic rings. The lowest BCUT2D eigenvalue weighted by Crippen LogP contribution is -2.39. The molecule has 0 unspecified atom stereocenters. The van der Waals surface area contributed by atoms with Crippen molar-refractivity contribution < 1.29 is 4.57 Å². The summed E-state index contributed by atoms with van der Waals surface area (Å²) in [5.74, 6) is 0. The Bertz CT molecular complexity index is 558. The molecule has 1 aromatic heterocycles. The van der Waals surface area contributed by atoms with Crippen molar-refractivity contribution in [1.29, 1.82) is 0 Å². The lowest BCUT2D eigenvalue weighted by molar-refractivity contribution is -0.726. The number of thioether (sulfide) groups is 1. The predicted molar refractivity (Wildman–Crippen MR) is 75.8 cm³/mol. The Morgan fingerprint density at radius 3 is 2.41 bits per heavy atom. The molecule has 0 aliphatic carbocycles. The van der Waals surface area contributed by atoms with E-state index in [1.165, 1.54) is 27.1 Å². The lowest BCUT2D eigenvalue weighted by atomic mass is 10.1. The van der Waals surface area contributed by atoms with E-state index in [1.807, 2.05) is 11.8 Å². The van der Waals surface area contributed by atoms with Gasteiger partial charge >= 0.3 is 0 Å². The fourth-order valence-electron chi connectivity index (χ4n) is 2.32. The smallest absolute Gasteiger partial charge is 0.184 e. The van der Waals surface area contributed by atoms with E-state index >= 15 is 0 Å². The monoisotopic (exact) mass is 246 g/mol. The second kappa shape index (κ2) is 4.69. The highest BCUT2D eigenvalue weighted by atomic mass is 32.2. The zero-order valence-electron chi connectivity index (χ0n) is 11.2. The first-order valence-corrected chi connectivity index (χ1v) is 7.26. The molecule has 2 aromatic rings. The number of aryl methyl sites for hydroxylation is 2. The largest absolute Gasteiger partial charge is 0.240 e. The first kappa shape index (κ1) is 12.4. The van der Waals surface area contributed by atoms with Gasteiger partial charge in [-0.2, -0.15) is 4.57 Å². The second-order valence-corrected chi connectivity index (χ2v) is 5.68. The zero-order valence-corrected chi connectivity index (χ0v) is 12.1. The minimum absolute atomic E-state index is 0.488. The maximum Gasteiger partial charge on any atom is 0.240 e. The van der Waals surface area contributed by atoms with Crippen LogP contribution < -0.4 is 4.57 Å². The van der Waals surface area contributed by atoms with Crippen LogP contribution in [0.25, 0.3) is 10.9 Å². The number of aromatic nitrogens is 1. The van der Waals surface area contributed by atoms with Crippen molar-refractivity contribution in [3.63, 3.8) is 0 Å². The topological polar surface area (TPSA) is 3.88 Å². The highest BCUT2D eigenvalue weighted by Crippen LogP contribution is 2.23. The quantitative estimate of drug-likeness (QED) is 0.571. The molecule has 0 saturated heterocycles. The molecule has 0 saturated carbocycles. The van der Waals surface area contributed by atoms with Gasteiger partial charge in [0, 0.05) is 17.5 Å². The molecule has 1 heterocycles. The van der Waals surface area contributed by atoms with Crippen LogP contribution in [-0.4, -0.2) is 6.26 Å². The van der Waals surface area contributed by atoms with Crippen LogP contribution in [0.15, 0.2) is 29.3 Å². The molecule has 0 fully saturated rings. The van der Waals surface area contributed by atoms with Crippen LogP contribution in [0.5, 0.6) is 0 Å². The Kier molecular flexibility index (Phi) is 3.43. The number of pyridine rings is 1. The summed E-state index contributed by atoms with van der Waals surface area (Å²) in [5.41, 5.74) is 4.04. The molecule has 0 atom stereocenters. The predicted octanol–water partition coefficient (Wildman–Crippen LogP) is 4.05. The van der Waals surface area contributed by atoms with E-state index in [0.717, 1.165) is 0 Å². The Labute approximate surface area is 108 Å². The van der Waals surface area contributed by atoms with Crippen molar-refractivity contribution in [2.45, 2.75) is 38.8 Å². The molecule has 2 heteroatoms. The van der Waals surface area contributed by atoms with E-state index in [-0.39, 0.29) is 0 Å². The van der Waals surface area contributed by atoms with Gasteiger partial charge in [0.15, 0.2) is 6.04 Å². The Hall–Kier alpha value is -1.02. The molecular formula is C15H20NS+. The number of fused-ring (bicyclic) bond motifs is 1. The van der Waals surface area contributed by atoms with E-state index in [9.17, 15) is 0 Å². The molecule has 1 nitrogen and oxygen atoms in total. The van der Waals surface area contributed by atoms with E-state index in [4.69, 9.17) is 0 Å². The highest BCUT2D eigenvalue weighted by Gasteiger charge is 2.20. The molecule has 17 heavy (non-hydrogen) atoms. The number of hydrogen-bond donors (Lipinski definition) is 0. The third kappa shape index (κ3) is 2.19. The summed E-state index contributed by atoms with van der Waals surface area (Å²) in [5, 5.41) is 2.71. The molecule has 0 bridgehead atoms. The average molecular weight is 246 g/mol. The fourth-order valence-corrected chi connectivity index (χ4v) is 3.12. The summed E-state index contributed by atoms with van der Waals surface area (Å²) in [7, 11) is 0. The van der Waals surface area contributed by atoms with Gasteiger partial charge in [0.1, 0.15) is 0 Å². The fraction of sp³-hybridized carbons (Fsp3) is 0.400. The highest BCUT2D eigenvalue weighted by molar-refractivity contribution is 7.98. The molecule has 0 radical (unpaired) electrons. The Morgan fingerprint density at radius 1 is 1.12 bits per heavy atom. The SMILES string of the molecule is CSc1cc(C)c2ccc(C)cc2[n+]1C(C)C. The van der Waals surface area contributed by atoms with Crippen LogP contribution in [-0.2, 0) is 0 Å². The van der Waals surface area contributed by atoms with E-state index < -0.39 is 0 Å². The van der Waals surface area contributed by atoms with Crippen LogP contribution in [0.1, 0.15) is 31.0 Å². The third-order valence-electron chi connectivity index (χ3n) is 3.14. The Balaban J connectivity index is 2.90. The van der Waals surface area contributed by atoms with Crippen molar-refractivity contribution in [1.82, 2.24) is 0 Å². The summed E-state index contributed by atoms with van der Waals surface area (Å²) in [6, 6.07) is 9.51. The summed E-state index contributed by atoms with van der Waals surface area (Å²) >= 11 is 1.82. The van der Waals surface area contributed by atoms with E-state index in [2.05, 4.69) is 62.8 Å². The summed E-state index contributed by atoms with van der Waals surface area (Å²) < 4.78 is 2.43. The number of benzene rings is 1. The van der Waals surface area contributed by atoms with Gasteiger partial charge in [-0.25, -0.2) is 0 Å². The number of hydrogen-bond acceptors (Lipinski definition) is 1. The molecule has 2 rings (SSSR count). The van der Waals surface area contributed by atoms with E-state index in [1.54, 1.807) is 0 Å². The first-order valence-electron chi connectivity index (χ1n) is 6.04. The molecule has 0 spiro atoms. The molecule has 0 aliphatic heterocycles. The van der Waals surface area contributed by atoms with Crippen LogP contribution in [0.3, 0.4) is 0 Å². The van der Waals surface area contributed by atoms with Crippen molar-refractivity contribution in [2.24, 2.45) is 0 Å². The minimum Gasteiger partial charge on any atom is -0.184 e. The van der Waals surface area contributed by atoms with Crippen LogP contribution >= 0.6 is 11.8 Å². The summed E-state index contributed by atoms with van der Waals surface area (Å²) in [4.78, 5) is 0. The normalized spacial score (nSPS) is 11.4. The molecule has 0 amide bonds. The van der Waals surface area contributed by atoms with Gasteiger partial charge in [0.05, 0.1) is 0 Å². The standard InChI is InChI=1S/C15H20NS/c1-10(2)16-14-8-11(3)6-7-13(14)12(4)9-15(16)17-5/h6-10H,1-5H3/q+1. The minimum atomic E-state index is 0.488. The summed E-state index contributed by atoms with van der Waals surface area (Å²) in [6.07, 6.45) is 2.15. The van der Waals surface area contributed by atoms with Gasteiger partial charge in [-0.15, -0.1) is 0 Å². The van der Waals surface area contributed by atoms with Crippen molar-refractivity contribution in [3.05, 3.63) is 35.4 Å². The van der Waals surface area contributed by atoms with Gasteiger partial charge in [-0.1, -0.05) is 17.8 Å². The van der Waals surface area contributed by atoms with Crippen LogP contribution in [0.4, 0.5) is 0 Å². The maximum atomic E-state index is 2.43. The van der Waals surface area contributed by atoms with Crippen molar-refractivity contribution >= 4 is 22.7 Å². The van der Waals surface area contributed by atoms with Crippen LogP contribution in [0.2, 0.25) is 0 Å². The number of rotatable bonds is 2. The molecule has 1 aromatic carbocycles. The molecule has 0 N–H and O–H groups in total. The maximum absolute atomic E-state index is 2.43. The molecular weight excluding hydrogens is 226 g/mol. The average Bonchev–Trinajstić information content (AvgIpc) is 2.27. The third-order valence-corrected chi connectivity index (χ3v) is 3.87. The first-order chi connectivity index (χ1) is 8.04. The van der Waals surface area contributed by atoms with Gasteiger partial charge in [0.25, 0.3) is 0 Å². The van der Waals surface area contributed by atoms with Crippen molar-refractivity contribution in [2.75, 3.05) is 6.26 Å². The second-order valence-electron chi connectivity index (χ2n) is 4.85. The van der Waals surface area contributed by atoms with Gasteiger partial charge in [-0.3, -0.25) is 0 Å². The van der Waals surface area contributed by atoms with Gasteiger partial charge in [-0.05, 0) is 51.1 Å².